The lowest BCUT2D eigenvalue weighted by Crippen LogP contribution is -3.14. The van der Waals surface area contributed by atoms with Crippen LogP contribution in [-0.4, -0.2) is 46.7 Å². The quantitative estimate of drug-likeness (QED) is 0.584. The number of hydrogen-bond donors (Lipinski definition) is 2. The van der Waals surface area contributed by atoms with Crippen molar-refractivity contribution in [1.82, 2.24) is 9.78 Å². The number of carbonyl (C=O) groups is 1. The van der Waals surface area contributed by atoms with E-state index in [-0.39, 0.29) is 16.7 Å². The molecule has 1 unspecified atom stereocenters. The second kappa shape index (κ2) is 6.03. The molecule has 1 saturated heterocycles. The molecule has 2 aromatic heterocycles. The number of aliphatic hydroxyl groups excluding tert-OH is 1. The SMILES string of the molecule is COC(=O)[C@@H]1C[C@@H](O)C[NH+]1Cn1nc(-c2ccco2)oc1=S. The van der Waals surface area contributed by atoms with Gasteiger partial charge in [0, 0.05) is 6.42 Å². The van der Waals surface area contributed by atoms with Crippen molar-refractivity contribution in [3.8, 4) is 11.7 Å². The van der Waals surface area contributed by atoms with Gasteiger partial charge in [-0.1, -0.05) is 0 Å². The van der Waals surface area contributed by atoms with Gasteiger partial charge in [0.15, 0.2) is 18.5 Å². The molecular weight excluding hydrogens is 310 g/mol. The minimum atomic E-state index is -0.551. The lowest BCUT2D eigenvalue weighted by molar-refractivity contribution is -0.928. The van der Waals surface area contributed by atoms with Crippen molar-refractivity contribution in [2.75, 3.05) is 13.7 Å². The minimum absolute atomic E-state index is 0.184. The molecule has 0 amide bonds. The first-order valence-corrected chi connectivity index (χ1v) is 7.21. The van der Waals surface area contributed by atoms with E-state index in [9.17, 15) is 9.90 Å². The fourth-order valence-electron chi connectivity index (χ4n) is 2.65. The van der Waals surface area contributed by atoms with Crippen molar-refractivity contribution in [3.63, 3.8) is 0 Å². The molecule has 8 nitrogen and oxygen atoms in total. The molecule has 0 radical (unpaired) electrons. The molecule has 9 heteroatoms. The molecule has 1 aliphatic rings. The Morgan fingerprint density at radius 1 is 1.68 bits per heavy atom. The smallest absolute Gasteiger partial charge is 0.364 e. The number of quaternary nitrogens is 1. The van der Waals surface area contributed by atoms with Gasteiger partial charge in [0.2, 0.25) is 0 Å². The molecule has 118 valence electrons. The minimum Gasteiger partial charge on any atom is -0.465 e. The summed E-state index contributed by atoms with van der Waals surface area (Å²) >= 11 is 5.14. The van der Waals surface area contributed by atoms with Crippen LogP contribution in [0.5, 0.6) is 0 Å². The summed E-state index contributed by atoms with van der Waals surface area (Å²) in [5.41, 5.74) is 0. The number of nitrogens with one attached hydrogen (secondary N) is 1. The van der Waals surface area contributed by atoms with Gasteiger partial charge in [-0.3, -0.25) is 0 Å². The van der Waals surface area contributed by atoms with Crippen molar-refractivity contribution >= 4 is 18.2 Å². The van der Waals surface area contributed by atoms with Gasteiger partial charge in [-0.15, -0.1) is 5.10 Å². The van der Waals surface area contributed by atoms with E-state index >= 15 is 0 Å². The van der Waals surface area contributed by atoms with E-state index in [1.165, 1.54) is 18.1 Å². The number of methoxy groups -OCH3 is 1. The number of aromatic nitrogens is 2. The van der Waals surface area contributed by atoms with Gasteiger partial charge in [0.1, 0.15) is 12.6 Å². The highest BCUT2D eigenvalue weighted by Crippen LogP contribution is 2.17. The largest absolute Gasteiger partial charge is 0.465 e. The predicted octanol–water partition coefficient (Wildman–Crippen LogP) is -0.386. The summed E-state index contributed by atoms with van der Waals surface area (Å²) < 4.78 is 16.9. The standard InChI is InChI=1S/C13H15N3O5S/c1-19-12(18)9-5-8(17)6-15(9)7-16-13(22)21-11(14-16)10-3-2-4-20-10/h2-4,8-9,17H,5-7H2,1H3/p+1/t8-,9+/m1/s1. The molecular formula is C13H16N3O5S+. The van der Waals surface area contributed by atoms with E-state index in [4.69, 9.17) is 25.8 Å². The van der Waals surface area contributed by atoms with E-state index in [1.807, 2.05) is 0 Å². The summed E-state index contributed by atoms with van der Waals surface area (Å²) in [6.45, 7) is 0.727. The van der Waals surface area contributed by atoms with Crippen LogP contribution in [0.4, 0.5) is 0 Å². The second-order valence-corrected chi connectivity index (χ2v) is 5.48. The zero-order valence-corrected chi connectivity index (χ0v) is 12.7. The van der Waals surface area contributed by atoms with Crippen molar-refractivity contribution in [3.05, 3.63) is 23.2 Å². The maximum absolute atomic E-state index is 11.8. The highest BCUT2D eigenvalue weighted by atomic mass is 32.1. The molecule has 22 heavy (non-hydrogen) atoms. The zero-order chi connectivity index (χ0) is 15.7. The maximum atomic E-state index is 11.8. The molecule has 0 aromatic carbocycles. The maximum Gasteiger partial charge on any atom is 0.364 e. The molecule has 3 atom stereocenters. The topological polar surface area (TPSA) is 95.1 Å². The fraction of sp³-hybridized carbons (Fsp3) is 0.462. The molecule has 3 rings (SSSR count). The Morgan fingerprint density at radius 2 is 2.50 bits per heavy atom. The Kier molecular flexibility index (Phi) is 4.10. The zero-order valence-electron chi connectivity index (χ0n) is 11.9. The first-order chi connectivity index (χ1) is 10.6. The molecule has 0 aliphatic carbocycles. The number of aliphatic hydroxyl groups is 1. The third-order valence-electron chi connectivity index (χ3n) is 3.68. The van der Waals surface area contributed by atoms with Crippen LogP contribution in [0.15, 0.2) is 27.2 Å². The number of esters is 1. The summed E-state index contributed by atoms with van der Waals surface area (Å²) in [4.78, 5) is 12.8. The monoisotopic (exact) mass is 326 g/mol. The normalized spacial score (nSPS) is 24.5. The van der Waals surface area contributed by atoms with Gasteiger partial charge in [-0.2, -0.15) is 4.68 Å². The lowest BCUT2D eigenvalue weighted by atomic mass is 10.2. The number of carbonyl (C=O) groups excluding carboxylic acids is 1. The first-order valence-electron chi connectivity index (χ1n) is 6.80. The molecule has 1 aliphatic heterocycles. The Balaban J connectivity index is 1.81. The van der Waals surface area contributed by atoms with Crippen LogP contribution < -0.4 is 4.90 Å². The Hall–Kier alpha value is -1.97. The number of furan rings is 1. The van der Waals surface area contributed by atoms with Crippen LogP contribution in [-0.2, 0) is 16.2 Å². The van der Waals surface area contributed by atoms with E-state index < -0.39 is 12.1 Å². The number of hydrogen-bond acceptors (Lipinski definition) is 7. The predicted molar refractivity (Wildman–Crippen MR) is 75.3 cm³/mol. The van der Waals surface area contributed by atoms with Crippen LogP contribution in [0.25, 0.3) is 11.7 Å². The van der Waals surface area contributed by atoms with Gasteiger partial charge >= 0.3 is 5.97 Å². The number of rotatable bonds is 4. The molecule has 3 heterocycles. The summed E-state index contributed by atoms with van der Waals surface area (Å²) in [7, 11) is 1.33. The Morgan fingerprint density at radius 3 is 3.18 bits per heavy atom. The van der Waals surface area contributed by atoms with Gasteiger partial charge in [0.25, 0.3) is 10.7 Å². The lowest BCUT2D eigenvalue weighted by Gasteiger charge is -2.18. The number of nitrogens with zero attached hydrogens (tertiary/aromatic N) is 2. The number of likely N-dealkylation sites (tertiary alicyclic amines) is 1. The van der Waals surface area contributed by atoms with Crippen LogP contribution in [0, 0.1) is 4.84 Å². The molecule has 2 N–H and O–H groups in total. The Labute approximate surface area is 130 Å². The van der Waals surface area contributed by atoms with E-state index in [0.29, 0.717) is 25.4 Å². The van der Waals surface area contributed by atoms with Crippen molar-refractivity contribution in [2.24, 2.45) is 0 Å². The highest BCUT2D eigenvalue weighted by Gasteiger charge is 2.41. The average Bonchev–Trinajstić information content (AvgIpc) is 3.20. The molecule has 0 bridgehead atoms. The van der Waals surface area contributed by atoms with Crippen molar-refractivity contribution < 1.29 is 28.4 Å². The summed E-state index contributed by atoms with van der Waals surface area (Å²) in [5, 5.41) is 14.1. The van der Waals surface area contributed by atoms with Crippen LogP contribution in [0.2, 0.25) is 0 Å². The first kappa shape index (κ1) is 14.9. The summed E-state index contributed by atoms with van der Waals surface area (Å²) in [5.74, 6) is 0.405. The van der Waals surface area contributed by atoms with E-state index in [0.717, 1.165) is 4.90 Å². The summed E-state index contributed by atoms with van der Waals surface area (Å²) in [6.07, 6.45) is 1.32. The molecule has 2 aromatic rings. The van der Waals surface area contributed by atoms with Crippen molar-refractivity contribution in [1.29, 1.82) is 0 Å². The second-order valence-electron chi connectivity index (χ2n) is 5.14. The van der Waals surface area contributed by atoms with Gasteiger partial charge in [-0.05, 0) is 24.4 Å². The molecule has 1 fully saturated rings. The van der Waals surface area contributed by atoms with E-state index in [1.54, 1.807) is 12.1 Å². The third-order valence-corrected chi connectivity index (χ3v) is 3.97. The van der Waals surface area contributed by atoms with Crippen LogP contribution in [0.3, 0.4) is 0 Å². The van der Waals surface area contributed by atoms with Gasteiger partial charge < -0.3 is 23.6 Å². The number of ether oxygens (including phenoxy) is 1. The fourth-order valence-corrected chi connectivity index (χ4v) is 2.83. The highest BCUT2D eigenvalue weighted by molar-refractivity contribution is 7.71. The Bertz CT molecular complexity index is 708. The average molecular weight is 326 g/mol. The third kappa shape index (κ3) is 2.82. The van der Waals surface area contributed by atoms with Crippen LogP contribution in [0.1, 0.15) is 6.42 Å². The van der Waals surface area contributed by atoms with Crippen LogP contribution >= 0.6 is 12.2 Å². The molecule has 0 saturated carbocycles. The van der Waals surface area contributed by atoms with Gasteiger partial charge in [0.05, 0.1) is 13.4 Å². The molecule has 0 spiro atoms. The summed E-state index contributed by atoms with van der Waals surface area (Å²) in [6, 6.07) is 3.00. The van der Waals surface area contributed by atoms with Crippen molar-refractivity contribution in [2.45, 2.75) is 25.2 Å². The van der Waals surface area contributed by atoms with Gasteiger partial charge in [-0.25, -0.2) is 4.79 Å². The van der Waals surface area contributed by atoms with E-state index in [2.05, 4.69) is 5.10 Å².